The molecule has 0 amide bonds. The molecule has 1 atom stereocenters. The summed E-state index contributed by atoms with van der Waals surface area (Å²) in [6.07, 6.45) is 3.57. The van der Waals surface area contributed by atoms with Gasteiger partial charge < -0.3 is 4.74 Å². The van der Waals surface area contributed by atoms with Crippen LogP contribution in [0.1, 0.15) is 25.5 Å². The summed E-state index contributed by atoms with van der Waals surface area (Å²) in [7, 11) is 0. The molecule has 1 unspecified atom stereocenters. The first-order valence-electron chi connectivity index (χ1n) is 6.22. The van der Waals surface area contributed by atoms with Gasteiger partial charge in [-0.1, -0.05) is 11.6 Å². The fourth-order valence-electron chi connectivity index (χ4n) is 2.26. The van der Waals surface area contributed by atoms with Crippen LogP contribution in [0.25, 0.3) is 0 Å². The number of rotatable bonds is 4. The summed E-state index contributed by atoms with van der Waals surface area (Å²) in [5.74, 6) is -0.128. The highest BCUT2D eigenvalue weighted by Crippen LogP contribution is 2.21. The van der Waals surface area contributed by atoms with Crippen molar-refractivity contribution in [2.24, 2.45) is 0 Å². The van der Waals surface area contributed by atoms with E-state index in [1.807, 2.05) is 13.0 Å². The highest BCUT2D eigenvalue weighted by molar-refractivity contribution is 6.30. The summed E-state index contributed by atoms with van der Waals surface area (Å²) in [6, 6.07) is 3.45. The van der Waals surface area contributed by atoms with E-state index in [2.05, 4.69) is 9.88 Å². The Hall–Kier alpha value is -1.13. The molecule has 4 nitrogen and oxygen atoms in total. The molecule has 98 valence electrons. The molecule has 1 aliphatic rings. The maximum atomic E-state index is 11.8. The molecule has 0 radical (unpaired) electrons. The Labute approximate surface area is 112 Å². The SMILES string of the molecule is CCOC(=O)C1CCCN1Cc1cc(Cl)ccn1. The molecule has 0 saturated carbocycles. The van der Waals surface area contributed by atoms with Gasteiger partial charge in [0.2, 0.25) is 0 Å². The van der Waals surface area contributed by atoms with Crippen LogP contribution in [0.3, 0.4) is 0 Å². The summed E-state index contributed by atoms with van der Waals surface area (Å²) in [6.45, 7) is 3.80. The lowest BCUT2D eigenvalue weighted by atomic mass is 10.2. The van der Waals surface area contributed by atoms with Crippen molar-refractivity contribution in [3.63, 3.8) is 0 Å². The maximum absolute atomic E-state index is 11.8. The van der Waals surface area contributed by atoms with Gasteiger partial charge in [0.25, 0.3) is 0 Å². The van der Waals surface area contributed by atoms with Crippen molar-refractivity contribution in [1.29, 1.82) is 0 Å². The minimum absolute atomic E-state index is 0.128. The Kier molecular flexibility index (Phi) is 4.55. The Balaban J connectivity index is 2.01. The number of halogens is 1. The van der Waals surface area contributed by atoms with Gasteiger partial charge in [0.15, 0.2) is 0 Å². The number of carbonyl (C=O) groups is 1. The standard InChI is InChI=1S/C13H17ClN2O2/c1-2-18-13(17)12-4-3-7-16(12)9-11-8-10(14)5-6-15-11/h5-6,8,12H,2-4,7,9H2,1H3. The first-order chi connectivity index (χ1) is 8.70. The van der Waals surface area contributed by atoms with Gasteiger partial charge in [-0.15, -0.1) is 0 Å². The molecular formula is C13H17ClN2O2. The van der Waals surface area contributed by atoms with Crippen LogP contribution in [-0.4, -0.2) is 35.0 Å². The van der Waals surface area contributed by atoms with E-state index in [4.69, 9.17) is 16.3 Å². The van der Waals surface area contributed by atoms with E-state index >= 15 is 0 Å². The van der Waals surface area contributed by atoms with Gasteiger partial charge in [-0.2, -0.15) is 0 Å². The number of hydrogen-bond acceptors (Lipinski definition) is 4. The molecule has 2 rings (SSSR count). The predicted molar refractivity (Wildman–Crippen MR) is 69.3 cm³/mol. The van der Waals surface area contributed by atoms with E-state index < -0.39 is 0 Å². The van der Waals surface area contributed by atoms with Crippen molar-refractivity contribution < 1.29 is 9.53 Å². The van der Waals surface area contributed by atoms with Crippen LogP contribution in [0.15, 0.2) is 18.3 Å². The zero-order valence-corrected chi connectivity index (χ0v) is 11.2. The lowest BCUT2D eigenvalue weighted by Crippen LogP contribution is -2.37. The average Bonchev–Trinajstić information content (AvgIpc) is 2.77. The number of hydrogen-bond donors (Lipinski definition) is 0. The number of carbonyl (C=O) groups excluding carboxylic acids is 1. The zero-order chi connectivity index (χ0) is 13.0. The van der Waals surface area contributed by atoms with Gasteiger partial charge in [0, 0.05) is 17.8 Å². The largest absolute Gasteiger partial charge is 0.465 e. The van der Waals surface area contributed by atoms with Crippen LogP contribution in [0.5, 0.6) is 0 Å². The summed E-state index contributed by atoms with van der Waals surface area (Å²) < 4.78 is 5.09. The zero-order valence-electron chi connectivity index (χ0n) is 10.4. The molecule has 0 aromatic carbocycles. The number of aromatic nitrogens is 1. The molecule has 1 saturated heterocycles. The van der Waals surface area contributed by atoms with E-state index in [0.29, 0.717) is 18.2 Å². The summed E-state index contributed by atoms with van der Waals surface area (Å²) in [5.41, 5.74) is 0.888. The van der Waals surface area contributed by atoms with Crippen molar-refractivity contribution in [1.82, 2.24) is 9.88 Å². The Morgan fingerprint density at radius 2 is 2.50 bits per heavy atom. The quantitative estimate of drug-likeness (QED) is 0.786. The van der Waals surface area contributed by atoms with Crippen LogP contribution < -0.4 is 0 Å². The fourth-order valence-corrected chi connectivity index (χ4v) is 2.45. The molecular weight excluding hydrogens is 252 g/mol. The second-order valence-electron chi connectivity index (χ2n) is 4.35. The summed E-state index contributed by atoms with van der Waals surface area (Å²) in [4.78, 5) is 18.2. The van der Waals surface area contributed by atoms with Crippen molar-refractivity contribution in [3.05, 3.63) is 29.0 Å². The number of ether oxygens (including phenoxy) is 1. The van der Waals surface area contributed by atoms with Crippen LogP contribution in [-0.2, 0) is 16.1 Å². The molecule has 0 spiro atoms. The normalized spacial score (nSPS) is 20.0. The second kappa shape index (κ2) is 6.16. The third kappa shape index (κ3) is 3.21. The molecule has 1 aromatic rings. The topological polar surface area (TPSA) is 42.4 Å². The molecule has 0 bridgehead atoms. The van der Waals surface area contributed by atoms with Crippen molar-refractivity contribution in [2.75, 3.05) is 13.2 Å². The number of likely N-dealkylation sites (tertiary alicyclic amines) is 1. The fraction of sp³-hybridized carbons (Fsp3) is 0.538. The third-order valence-electron chi connectivity index (χ3n) is 3.07. The Morgan fingerprint density at radius 1 is 1.67 bits per heavy atom. The molecule has 0 aliphatic carbocycles. The van der Waals surface area contributed by atoms with Gasteiger partial charge in [-0.05, 0) is 38.4 Å². The molecule has 1 fully saturated rings. The van der Waals surface area contributed by atoms with E-state index in [1.54, 1.807) is 12.3 Å². The predicted octanol–water partition coefficient (Wildman–Crippen LogP) is 2.26. The number of esters is 1. The smallest absolute Gasteiger partial charge is 0.323 e. The van der Waals surface area contributed by atoms with E-state index in [1.165, 1.54) is 0 Å². The van der Waals surface area contributed by atoms with Crippen LogP contribution in [0.4, 0.5) is 0 Å². The third-order valence-corrected chi connectivity index (χ3v) is 3.30. The lowest BCUT2D eigenvalue weighted by molar-refractivity contribution is -0.148. The van der Waals surface area contributed by atoms with Crippen LogP contribution in [0.2, 0.25) is 5.02 Å². The first kappa shape index (κ1) is 13.3. The van der Waals surface area contributed by atoms with Crippen LogP contribution >= 0.6 is 11.6 Å². The van der Waals surface area contributed by atoms with Gasteiger partial charge in [-0.3, -0.25) is 14.7 Å². The van der Waals surface area contributed by atoms with Gasteiger partial charge in [0.1, 0.15) is 6.04 Å². The lowest BCUT2D eigenvalue weighted by Gasteiger charge is -2.22. The Morgan fingerprint density at radius 3 is 3.22 bits per heavy atom. The Bertz CT molecular complexity index is 425. The van der Waals surface area contributed by atoms with Gasteiger partial charge in [-0.25, -0.2) is 0 Å². The van der Waals surface area contributed by atoms with Crippen molar-refractivity contribution in [3.8, 4) is 0 Å². The molecule has 5 heteroatoms. The monoisotopic (exact) mass is 268 g/mol. The molecule has 1 aromatic heterocycles. The minimum atomic E-state index is -0.134. The highest BCUT2D eigenvalue weighted by Gasteiger charge is 2.31. The summed E-state index contributed by atoms with van der Waals surface area (Å²) in [5, 5.41) is 0.673. The molecule has 0 N–H and O–H groups in total. The molecule has 1 aliphatic heterocycles. The van der Waals surface area contributed by atoms with E-state index in [9.17, 15) is 4.79 Å². The first-order valence-corrected chi connectivity index (χ1v) is 6.59. The second-order valence-corrected chi connectivity index (χ2v) is 4.78. The highest BCUT2D eigenvalue weighted by atomic mass is 35.5. The van der Waals surface area contributed by atoms with Crippen molar-refractivity contribution >= 4 is 17.6 Å². The van der Waals surface area contributed by atoms with Gasteiger partial charge >= 0.3 is 5.97 Å². The summed E-state index contributed by atoms with van der Waals surface area (Å²) >= 11 is 5.93. The van der Waals surface area contributed by atoms with E-state index in [-0.39, 0.29) is 12.0 Å². The van der Waals surface area contributed by atoms with E-state index in [0.717, 1.165) is 25.1 Å². The number of nitrogens with zero attached hydrogens (tertiary/aromatic N) is 2. The average molecular weight is 269 g/mol. The molecule has 2 heterocycles. The number of pyridine rings is 1. The van der Waals surface area contributed by atoms with Crippen molar-refractivity contribution in [2.45, 2.75) is 32.4 Å². The maximum Gasteiger partial charge on any atom is 0.323 e. The van der Waals surface area contributed by atoms with Crippen LogP contribution in [0, 0.1) is 0 Å². The minimum Gasteiger partial charge on any atom is -0.465 e. The molecule has 18 heavy (non-hydrogen) atoms. The van der Waals surface area contributed by atoms with Gasteiger partial charge in [0.05, 0.1) is 12.3 Å².